The molecule has 7 heteroatoms. The molecule has 0 atom stereocenters. The number of amides is 2. The molecule has 0 aliphatic rings. The van der Waals surface area contributed by atoms with Crippen LogP contribution in [-0.2, 0) is 9.53 Å². The van der Waals surface area contributed by atoms with Gasteiger partial charge in [0.25, 0.3) is 0 Å². The number of rotatable bonds is 7. The van der Waals surface area contributed by atoms with Crippen molar-refractivity contribution in [1.29, 1.82) is 0 Å². The Morgan fingerprint density at radius 1 is 1.35 bits per heavy atom. The average molecular weight is 248 g/mol. The Kier molecular flexibility index (Phi) is 6.52. The lowest BCUT2D eigenvalue weighted by Gasteiger charge is -2.27. The second-order valence-corrected chi connectivity index (χ2v) is 4.06. The highest BCUT2D eigenvalue weighted by atomic mass is 16.5. The average Bonchev–Trinajstić information content (AvgIpc) is 2.23. The Bertz CT molecular complexity index is 267. The summed E-state index contributed by atoms with van der Waals surface area (Å²) in [7, 11) is 1.50. The summed E-state index contributed by atoms with van der Waals surface area (Å²) in [6.45, 7) is 3.33. The quantitative estimate of drug-likeness (QED) is 0.564. The van der Waals surface area contributed by atoms with Gasteiger partial charge in [-0.05, 0) is 13.8 Å². The van der Waals surface area contributed by atoms with Crippen LogP contribution >= 0.6 is 0 Å². The van der Waals surface area contributed by atoms with E-state index in [0.29, 0.717) is 13.2 Å². The van der Waals surface area contributed by atoms with Crippen LogP contribution in [0, 0.1) is 0 Å². The number of carbonyl (C=O) groups excluding carboxylic acids is 1. The maximum absolute atomic E-state index is 11.7. The molecule has 0 spiro atoms. The third-order valence-corrected chi connectivity index (χ3v) is 2.18. The number of methoxy groups -OCH3 is 1. The molecule has 0 saturated heterocycles. The first kappa shape index (κ1) is 15.7. The minimum absolute atomic E-state index is 0.130. The molecular formula is C10H20N2O5. The summed E-state index contributed by atoms with van der Waals surface area (Å²) < 4.78 is 4.83. The van der Waals surface area contributed by atoms with Gasteiger partial charge in [-0.15, -0.1) is 0 Å². The van der Waals surface area contributed by atoms with E-state index in [0.717, 1.165) is 0 Å². The van der Waals surface area contributed by atoms with E-state index in [4.69, 9.17) is 14.9 Å². The second kappa shape index (κ2) is 7.08. The summed E-state index contributed by atoms with van der Waals surface area (Å²) in [5, 5.41) is 20.1. The number of hydrogen-bond donors (Lipinski definition) is 3. The lowest BCUT2D eigenvalue weighted by molar-refractivity contribution is -0.143. The molecule has 2 amide bonds. The molecule has 3 N–H and O–H groups in total. The van der Waals surface area contributed by atoms with Crippen LogP contribution < -0.4 is 5.32 Å². The second-order valence-electron chi connectivity index (χ2n) is 4.06. The van der Waals surface area contributed by atoms with Gasteiger partial charge in [-0.2, -0.15) is 0 Å². The number of ether oxygens (including phenoxy) is 1. The van der Waals surface area contributed by atoms with Gasteiger partial charge in [0, 0.05) is 20.2 Å². The van der Waals surface area contributed by atoms with Crippen molar-refractivity contribution in [2.45, 2.75) is 19.4 Å². The maximum Gasteiger partial charge on any atom is 0.328 e. The van der Waals surface area contributed by atoms with Crippen LogP contribution in [0.15, 0.2) is 0 Å². The van der Waals surface area contributed by atoms with Gasteiger partial charge in [-0.1, -0.05) is 0 Å². The number of hydrogen-bond acceptors (Lipinski definition) is 4. The monoisotopic (exact) mass is 248 g/mol. The van der Waals surface area contributed by atoms with E-state index in [9.17, 15) is 9.59 Å². The normalized spacial score (nSPS) is 11.1. The van der Waals surface area contributed by atoms with Gasteiger partial charge in [0.2, 0.25) is 0 Å². The number of aliphatic carboxylic acids is 1. The molecule has 0 aromatic carbocycles. The maximum atomic E-state index is 11.7. The zero-order valence-corrected chi connectivity index (χ0v) is 10.4. The molecule has 0 aliphatic carbocycles. The van der Waals surface area contributed by atoms with E-state index in [1.807, 2.05) is 0 Å². The van der Waals surface area contributed by atoms with Gasteiger partial charge in [0.1, 0.15) is 5.54 Å². The smallest absolute Gasteiger partial charge is 0.328 e. The van der Waals surface area contributed by atoms with E-state index in [-0.39, 0.29) is 13.2 Å². The number of carbonyl (C=O) groups is 2. The summed E-state index contributed by atoms with van der Waals surface area (Å²) in [6.07, 6.45) is 0. The van der Waals surface area contributed by atoms with Gasteiger partial charge in [0.15, 0.2) is 0 Å². The van der Waals surface area contributed by atoms with Crippen LogP contribution in [0.5, 0.6) is 0 Å². The lowest BCUT2D eigenvalue weighted by Crippen LogP contribution is -2.55. The Labute approximate surface area is 100 Å². The molecule has 17 heavy (non-hydrogen) atoms. The highest BCUT2D eigenvalue weighted by Crippen LogP contribution is 2.03. The van der Waals surface area contributed by atoms with Crippen LogP contribution in [0.1, 0.15) is 13.8 Å². The van der Waals surface area contributed by atoms with Gasteiger partial charge in [0.05, 0.1) is 13.2 Å². The fourth-order valence-electron chi connectivity index (χ4n) is 1.04. The van der Waals surface area contributed by atoms with Crippen molar-refractivity contribution in [3.63, 3.8) is 0 Å². The summed E-state index contributed by atoms with van der Waals surface area (Å²) in [5.41, 5.74) is -1.35. The van der Waals surface area contributed by atoms with Crippen molar-refractivity contribution < 1.29 is 24.5 Å². The number of aliphatic hydroxyl groups is 1. The zero-order valence-electron chi connectivity index (χ0n) is 10.4. The predicted octanol–water partition coefficient (Wildman–Crippen LogP) is -0.500. The predicted molar refractivity (Wildman–Crippen MR) is 60.8 cm³/mol. The molecule has 0 aliphatic heterocycles. The summed E-state index contributed by atoms with van der Waals surface area (Å²) in [6, 6.07) is -0.538. The first-order valence-electron chi connectivity index (χ1n) is 5.25. The van der Waals surface area contributed by atoms with E-state index < -0.39 is 17.5 Å². The van der Waals surface area contributed by atoms with Gasteiger partial charge in [-0.25, -0.2) is 9.59 Å². The van der Waals surface area contributed by atoms with Crippen LogP contribution in [0.2, 0.25) is 0 Å². The van der Waals surface area contributed by atoms with Gasteiger partial charge >= 0.3 is 12.0 Å². The summed E-state index contributed by atoms with van der Waals surface area (Å²) in [5.74, 6) is -1.12. The van der Waals surface area contributed by atoms with Crippen LogP contribution in [0.4, 0.5) is 4.79 Å². The Morgan fingerprint density at radius 3 is 2.35 bits per heavy atom. The van der Waals surface area contributed by atoms with Crippen molar-refractivity contribution in [1.82, 2.24) is 10.2 Å². The first-order valence-corrected chi connectivity index (χ1v) is 5.25. The zero-order chi connectivity index (χ0) is 13.5. The summed E-state index contributed by atoms with van der Waals surface area (Å²) in [4.78, 5) is 23.9. The minimum atomic E-state index is -1.35. The number of urea groups is 1. The fraction of sp³-hybridized carbons (Fsp3) is 0.800. The van der Waals surface area contributed by atoms with E-state index in [1.54, 1.807) is 0 Å². The van der Waals surface area contributed by atoms with Crippen molar-refractivity contribution in [3.05, 3.63) is 0 Å². The minimum Gasteiger partial charge on any atom is -0.480 e. The largest absolute Gasteiger partial charge is 0.480 e. The third-order valence-electron chi connectivity index (χ3n) is 2.18. The van der Waals surface area contributed by atoms with Crippen molar-refractivity contribution >= 4 is 12.0 Å². The standard InChI is InChI=1S/C10H20N2O5/c1-10(2,8(14)15)11-9(16)12(4-6-13)5-7-17-3/h13H,4-7H2,1-3H3,(H,11,16)(H,14,15). The molecule has 0 rings (SSSR count). The van der Waals surface area contributed by atoms with E-state index >= 15 is 0 Å². The summed E-state index contributed by atoms with van der Waals surface area (Å²) >= 11 is 0. The Balaban J connectivity index is 4.45. The molecular weight excluding hydrogens is 228 g/mol. The fourth-order valence-corrected chi connectivity index (χ4v) is 1.04. The first-order chi connectivity index (χ1) is 7.85. The Morgan fingerprint density at radius 2 is 1.94 bits per heavy atom. The molecule has 0 aromatic rings. The molecule has 0 unspecified atom stereocenters. The molecule has 0 saturated carbocycles. The van der Waals surface area contributed by atoms with Gasteiger partial charge in [-0.3, -0.25) is 0 Å². The van der Waals surface area contributed by atoms with Crippen molar-refractivity contribution in [2.24, 2.45) is 0 Å². The van der Waals surface area contributed by atoms with Crippen LogP contribution in [-0.4, -0.2) is 66.1 Å². The van der Waals surface area contributed by atoms with Gasteiger partial charge < -0.3 is 25.2 Å². The highest BCUT2D eigenvalue weighted by Gasteiger charge is 2.30. The number of aliphatic hydroxyl groups excluding tert-OH is 1. The topological polar surface area (TPSA) is 99.1 Å². The molecule has 7 nitrogen and oxygen atoms in total. The number of carboxylic acids is 1. The molecule has 0 heterocycles. The number of carboxylic acid groups (broad SMARTS) is 1. The third kappa shape index (κ3) is 5.50. The number of nitrogens with zero attached hydrogens (tertiary/aromatic N) is 1. The molecule has 0 aromatic heterocycles. The highest BCUT2D eigenvalue weighted by molar-refractivity contribution is 5.85. The lowest BCUT2D eigenvalue weighted by atomic mass is 10.1. The SMILES string of the molecule is COCCN(CCO)C(=O)NC(C)(C)C(=O)O. The Hall–Kier alpha value is -1.34. The molecule has 0 bridgehead atoms. The van der Waals surface area contributed by atoms with Crippen LogP contribution in [0.25, 0.3) is 0 Å². The van der Waals surface area contributed by atoms with Crippen molar-refractivity contribution in [2.75, 3.05) is 33.4 Å². The van der Waals surface area contributed by atoms with E-state index in [1.165, 1.54) is 25.9 Å². The molecule has 0 fully saturated rings. The van der Waals surface area contributed by atoms with Crippen molar-refractivity contribution in [3.8, 4) is 0 Å². The molecule has 100 valence electrons. The molecule has 0 radical (unpaired) electrons. The van der Waals surface area contributed by atoms with E-state index in [2.05, 4.69) is 5.32 Å². The van der Waals surface area contributed by atoms with Crippen LogP contribution in [0.3, 0.4) is 0 Å². The number of nitrogens with one attached hydrogen (secondary N) is 1.